The van der Waals surface area contributed by atoms with E-state index in [0.717, 1.165) is 17.0 Å². The van der Waals surface area contributed by atoms with Gasteiger partial charge in [-0.05, 0) is 49.4 Å². The van der Waals surface area contributed by atoms with Gasteiger partial charge in [-0.1, -0.05) is 23.7 Å². The Bertz CT molecular complexity index is 342. The van der Waals surface area contributed by atoms with E-state index in [1.54, 1.807) is 0 Å². The first-order valence-electron chi connectivity index (χ1n) is 5.82. The Morgan fingerprint density at radius 3 is 2.47 bits per heavy atom. The van der Waals surface area contributed by atoms with E-state index in [-0.39, 0.29) is 0 Å². The van der Waals surface area contributed by atoms with Gasteiger partial charge in [-0.25, -0.2) is 0 Å². The molecule has 2 fully saturated rings. The van der Waals surface area contributed by atoms with Gasteiger partial charge in [0.15, 0.2) is 0 Å². The van der Waals surface area contributed by atoms with Crippen molar-refractivity contribution >= 4 is 11.6 Å². The van der Waals surface area contributed by atoms with Crippen LogP contribution < -0.4 is 0 Å². The highest BCUT2D eigenvalue weighted by atomic mass is 35.5. The van der Waals surface area contributed by atoms with Crippen molar-refractivity contribution < 1.29 is 0 Å². The molecule has 1 saturated carbocycles. The maximum atomic E-state index is 5.90. The van der Waals surface area contributed by atoms with Crippen LogP contribution in [-0.2, 0) is 0 Å². The lowest BCUT2D eigenvalue weighted by Gasteiger charge is -2.14. The second kappa shape index (κ2) is 3.80. The topological polar surface area (TPSA) is 3.24 Å². The van der Waals surface area contributed by atoms with Gasteiger partial charge < -0.3 is 0 Å². The molecule has 1 aromatic carbocycles. The van der Waals surface area contributed by atoms with Gasteiger partial charge in [0.05, 0.1) is 0 Å². The molecular weight excluding hydrogens is 206 g/mol. The monoisotopic (exact) mass is 221 g/mol. The number of benzene rings is 1. The molecule has 1 aliphatic heterocycles. The smallest absolute Gasteiger partial charge is 0.0406 e. The van der Waals surface area contributed by atoms with Gasteiger partial charge in [0.1, 0.15) is 0 Å². The summed E-state index contributed by atoms with van der Waals surface area (Å²) in [5, 5.41) is 0.843. The number of nitrogens with zero attached hydrogens (tertiary/aromatic N) is 1. The summed E-state index contributed by atoms with van der Waals surface area (Å²) in [7, 11) is 0. The summed E-state index contributed by atoms with van der Waals surface area (Å²) in [6.45, 7) is 2.55. The van der Waals surface area contributed by atoms with Crippen molar-refractivity contribution in [3.63, 3.8) is 0 Å². The first kappa shape index (κ1) is 9.68. The molecule has 1 unspecified atom stereocenters. The normalized spacial score (nSPS) is 27.1. The Morgan fingerprint density at radius 1 is 1.07 bits per heavy atom. The number of hydrogen-bond donors (Lipinski definition) is 0. The van der Waals surface area contributed by atoms with Crippen LogP contribution in [0, 0.1) is 0 Å². The van der Waals surface area contributed by atoms with Gasteiger partial charge in [0.25, 0.3) is 0 Å². The minimum Gasteiger partial charge on any atom is -0.300 e. The van der Waals surface area contributed by atoms with Crippen LogP contribution in [0.15, 0.2) is 24.3 Å². The largest absolute Gasteiger partial charge is 0.300 e. The molecule has 15 heavy (non-hydrogen) atoms. The predicted octanol–water partition coefficient (Wildman–Crippen LogP) is 3.29. The summed E-state index contributed by atoms with van der Waals surface area (Å²) in [5.41, 5.74) is 1.46. The zero-order valence-electron chi connectivity index (χ0n) is 8.82. The molecule has 1 aromatic rings. The highest BCUT2D eigenvalue weighted by Crippen LogP contribution is 2.35. The van der Waals surface area contributed by atoms with Crippen molar-refractivity contribution in [1.29, 1.82) is 0 Å². The van der Waals surface area contributed by atoms with Crippen LogP contribution in [0.1, 0.15) is 30.7 Å². The molecule has 1 atom stereocenters. The summed E-state index contributed by atoms with van der Waals surface area (Å²) in [6, 6.07) is 9.31. The van der Waals surface area contributed by atoms with E-state index in [1.165, 1.54) is 37.9 Å². The SMILES string of the molecule is Clc1ccc(C2CCN(C3CC3)C2)cc1. The van der Waals surface area contributed by atoms with Gasteiger partial charge in [-0.2, -0.15) is 0 Å². The Kier molecular flexibility index (Phi) is 2.45. The number of halogens is 1. The number of rotatable bonds is 2. The van der Waals surface area contributed by atoms with Gasteiger partial charge in [0.2, 0.25) is 0 Å². The van der Waals surface area contributed by atoms with E-state index in [0.29, 0.717) is 0 Å². The average molecular weight is 222 g/mol. The molecule has 0 aromatic heterocycles. The Labute approximate surface area is 96.0 Å². The maximum Gasteiger partial charge on any atom is 0.0406 e. The molecule has 0 N–H and O–H groups in total. The quantitative estimate of drug-likeness (QED) is 0.741. The molecule has 1 heterocycles. The van der Waals surface area contributed by atoms with Gasteiger partial charge >= 0.3 is 0 Å². The molecule has 0 amide bonds. The van der Waals surface area contributed by atoms with Gasteiger partial charge in [-0.15, -0.1) is 0 Å². The van der Waals surface area contributed by atoms with E-state index >= 15 is 0 Å². The van der Waals surface area contributed by atoms with Gasteiger partial charge in [0, 0.05) is 17.6 Å². The van der Waals surface area contributed by atoms with E-state index in [9.17, 15) is 0 Å². The zero-order chi connectivity index (χ0) is 10.3. The maximum absolute atomic E-state index is 5.90. The molecule has 2 aliphatic rings. The second-order valence-corrected chi connectivity index (χ2v) is 5.20. The molecule has 1 saturated heterocycles. The highest BCUT2D eigenvalue weighted by molar-refractivity contribution is 6.30. The van der Waals surface area contributed by atoms with Crippen LogP contribution in [0.5, 0.6) is 0 Å². The first-order chi connectivity index (χ1) is 7.33. The number of likely N-dealkylation sites (tertiary alicyclic amines) is 1. The van der Waals surface area contributed by atoms with Crippen LogP contribution in [0.2, 0.25) is 5.02 Å². The minimum atomic E-state index is 0.739. The number of hydrogen-bond acceptors (Lipinski definition) is 1. The fourth-order valence-corrected chi connectivity index (χ4v) is 2.69. The third kappa shape index (κ3) is 2.04. The fraction of sp³-hybridized carbons (Fsp3) is 0.538. The molecule has 1 aliphatic carbocycles. The van der Waals surface area contributed by atoms with Crippen LogP contribution in [0.4, 0.5) is 0 Å². The molecule has 0 bridgehead atoms. The van der Waals surface area contributed by atoms with Crippen molar-refractivity contribution in [2.45, 2.75) is 31.2 Å². The van der Waals surface area contributed by atoms with Crippen molar-refractivity contribution in [3.05, 3.63) is 34.9 Å². The van der Waals surface area contributed by atoms with E-state index in [2.05, 4.69) is 17.0 Å². The standard InChI is InChI=1S/C13H16ClN/c14-12-3-1-10(2-4-12)11-7-8-15(9-11)13-5-6-13/h1-4,11,13H,5-9H2. The molecule has 3 rings (SSSR count). The van der Waals surface area contributed by atoms with Crippen molar-refractivity contribution in [2.75, 3.05) is 13.1 Å². The summed E-state index contributed by atoms with van der Waals surface area (Å²) in [5.74, 6) is 0.739. The average Bonchev–Trinajstić information content (AvgIpc) is 2.99. The van der Waals surface area contributed by atoms with Crippen LogP contribution in [0.25, 0.3) is 0 Å². The predicted molar refractivity (Wildman–Crippen MR) is 63.4 cm³/mol. The second-order valence-electron chi connectivity index (χ2n) is 4.76. The summed E-state index contributed by atoms with van der Waals surface area (Å²) < 4.78 is 0. The Morgan fingerprint density at radius 2 is 1.80 bits per heavy atom. The lowest BCUT2D eigenvalue weighted by Crippen LogP contribution is -2.22. The van der Waals surface area contributed by atoms with Crippen molar-refractivity contribution in [3.8, 4) is 0 Å². The molecule has 2 heteroatoms. The third-order valence-electron chi connectivity index (χ3n) is 3.62. The zero-order valence-corrected chi connectivity index (χ0v) is 9.58. The molecule has 80 valence electrons. The van der Waals surface area contributed by atoms with Crippen molar-refractivity contribution in [1.82, 2.24) is 4.90 Å². The van der Waals surface area contributed by atoms with Crippen molar-refractivity contribution in [2.24, 2.45) is 0 Å². The van der Waals surface area contributed by atoms with E-state index < -0.39 is 0 Å². The summed E-state index contributed by atoms with van der Waals surface area (Å²) in [4.78, 5) is 2.65. The third-order valence-corrected chi connectivity index (χ3v) is 3.88. The Hall–Kier alpha value is -0.530. The van der Waals surface area contributed by atoms with Crippen LogP contribution in [-0.4, -0.2) is 24.0 Å². The first-order valence-corrected chi connectivity index (χ1v) is 6.20. The summed E-state index contributed by atoms with van der Waals surface area (Å²) >= 11 is 5.90. The highest BCUT2D eigenvalue weighted by Gasteiger charge is 2.34. The van der Waals surface area contributed by atoms with Crippen LogP contribution in [0.3, 0.4) is 0 Å². The van der Waals surface area contributed by atoms with Crippen LogP contribution >= 0.6 is 11.6 Å². The molecule has 0 radical (unpaired) electrons. The van der Waals surface area contributed by atoms with E-state index in [4.69, 9.17) is 11.6 Å². The lowest BCUT2D eigenvalue weighted by atomic mass is 9.99. The molecular formula is C13H16ClN. The Balaban J connectivity index is 1.70. The molecule has 1 nitrogen and oxygen atoms in total. The fourth-order valence-electron chi connectivity index (χ4n) is 2.57. The molecule has 0 spiro atoms. The van der Waals surface area contributed by atoms with E-state index in [1.807, 2.05) is 12.1 Å². The minimum absolute atomic E-state index is 0.739. The lowest BCUT2D eigenvalue weighted by molar-refractivity contribution is 0.324. The van der Waals surface area contributed by atoms with Gasteiger partial charge in [-0.3, -0.25) is 4.90 Å². The summed E-state index contributed by atoms with van der Waals surface area (Å²) in [6.07, 6.45) is 4.17.